The number of sulfonamides is 1. The number of hydrogen-bond acceptors (Lipinski definition) is 5. The molecule has 7 heteroatoms. The molecule has 0 aliphatic carbocycles. The minimum Gasteiger partial charge on any atom is -0.492 e. The summed E-state index contributed by atoms with van der Waals surface area (Å²) >= 11 is 0. The van der Waals surface area contributed by atoms with Gasteiger partial charge in [-0.05, 0) is 67.9 Å². The summed E-state index contributed by atoms with van der Waals surface area (Å²) in [7, 11) is -3.55. The van der Waals surface area contributed by atoms with E-state index in [-0.39, 0.29) is 11.4 Å². The van der Waals surface area contributed by atoms with Gasteiger partial charge in [-0.2, -0.15) is 0 Å². The van der Waals surface area contributed by atoms with Crippen LogP contribution in [0.5, 0.6) is 5.75 Å². The van der Waals surface area contributed by atoms with Gasteiger partial charge in [0.15, 0.2) is 0 Å². The molecule has 1 aliphatic heterocycles. The van der Waals surface area contributed by atoms with E-state index in [0.717, 1.165) is 30.9 Å². The van der Waals surface area contributed by atoms with Gasteiger partial charge < -0.3 is 10.5 Å². The van der Waals surface area contributed by atoms with Gasteiger partial charge in [0.05, 0.1) is 4.90 Å². The van der Waals surface area contributed by atoms with E-state index >= 15 is 0 Å². The summed E-state index contributed by atoms with van der Waals surface area (Å²) in [6.45, 7) is 4.17. The van der Waals surface area contributed by atoms with E-state index in [2.05, 4.69) is 9.62 Å². The van der Waals surface area contributed by atoms with E-state index in [9.17, 15) is 8.42 Å². The van der Waals surface area contributed by atoms with Gasteiger partial charge in [0, 0.05) is 18.8 Å². The van der Waals surface area contributed by atoms with Crippen molar-refractivity contribution in [1.82, 2.24) is 9.62 Å². The number of hydrogen-bond donors (Lipinski definition) is 2. The highest BCUT2D eigenvalue weighted by Gasteiger charge is 2.13. The normalized spacial score (nSPS) is 15.2. The third-order valence-electron chi connectivity index (χ3n) is 4.45. The van der Waals surface area contributed by atoms with E-state index < -0.39 is 10.0 Å². The number of nitrogens with zero attached hydrogens (tertiary/aromatic N) is 1. The third kappa shape index (κ3) is 5.20. The summed E-state index contributed by atoms with van der Waals surface area (Å²) in [5.74, 6) is 0.800. The van der Waals surface area contributed by atoms with Crippen LogP contribution in [0.15, 0.2) is 53.4 Å². The first-order chi connectivity index (χ1) is 12.5. The molecule has 0 unspecified atom stereocenters. The Morgan fingerprint density at radius 1 is 1.00 bits per heavy atom. The van der Waals surface area contributed by atoms with E-state index in [4.69, 9.17) is 10.5 Å². The average molecular weight is 375 g/mol. The molecular formula is C19H25N3O3S. The first kappa shape index (κ1) is 18.7. The molecule has 6 nitrogen and oxygen atoms in total. The van der Waals surface area contributed by atoms with Gasteiger partial charge in [-0.3, -0.25) is 4.90 Å². The van der Waals surface area contributed by atoms with Crippen LogP contribution in [0.4, 0.5) is 5.69 Å². The standard InChI is InChI=1S/C19H25N3O3S/c20-17-5-9-19(10-6-17)26(23,24)21-15-16-3-7-18(8-4-16)25-14-13-22-11-1-2-12-22/h3-10,21H,1-2,11-15,20H2. The Morgan fingerprint density at radius 2 is 1.65 bits per heavy atom. The molecule has 2 aromatic rings. The summed E-state index contributed by atoms with van der Waals surface area (Å²) < 4.78 is 32.9. The smallest absolute Gasteiger partial charge is 0.240 e. The highest BCUT2D eigenvalue weighted by molar-refractivity contribution is 7.89. The minimum absolute atomic E-state index is 0.202. The number of nitrogens with two attached hydrogens (primary N) is 1. The van der Waals surface area contributed by atoms with E-state index in [1.54, 1.807) is 12.1 Å². The zero-order valence-corrected chi connectivity index (χ0v) is 15.5. The molecule has 1 fully saturated rings. The Kier molecular flexibility index (Phi) is 6.13. The van der Waals surface area contributed by atoms with Crippen LogP contribution in [0.2, 0.25) is 0 Å². The summed E-state index contributed by atoms with van der Waals surface area (Å²) in [5, 5.41) is 0. The highest BCUT2D eigenvalue weighted by atomic mass is 32.2. The second-order valence-electron chi connectivity index (χ2n) is 6.43. The number of benzene rings is 2. The number of nitrogens with one attached hydrogen (secondary N) is 1. The van der Waals surface area contributed by atoms with Gasteiger partial charge >= 0.3 is 0 Å². The number of rotatable bonds is 8. The summed E-state index contributed by atoms with van der Waals surface area (Å²) in [4.78, 5) is 2.61. The fourth-order valence-electron chi connectivity index (χ4n) is 2.91. The van der Waals surface area contributed by atoms with Crippen molar-refractivity contribution in [2.45, 2.75) is 24.3 Å². The third-order valence-corrected chi connectivity index (χ3v) is 5.87. The summed E-state index contributed by atoms with van der Waals surface area (Å²) in [5.41, 5.74) is 6.99. The quantitative estimate of drug-likeness (QED) is 0.691. The second-order valence-corrected chi connectivity index (χ2v) is 8.20. The van der Waals surface area contributed by atoms with Crippen LogP contribution in [0.25, 0.3) is 0 Å². The molecular weight excluding hydrogens is 350 g/mol. The van der Waals surface area contributed by atoms with Crippen molar-refractivity contribution in [3.63, 3.8) is 0 Å². The lowest BCUT2D eigenvalue weighted by molar-refractivity contribution is 0.238. The fourth-order valence-corrected chi connectivity index (χ4v) is 3.93. The summed E-state index contributed by atoms with van der Waals surface area (Å²) in [6, 6.07) is 13.6. The molecule has 0 amide bonds. The zero-order chi connectivity index (χ0) is 18.4. The molecule has 0 radical (unpaired) electrons. The maximum absolute atomic E-state index is 12.3. The molecule has 1 aliphatic rings. The summed E-state index contributed by atoms with van der Waals surface area (Å²) in [6.07, 6.45) is 2.56. The predicted octanol–water partition coefficient (Wildman–Crippen LogP) is 2.22. The average Bonchev–Trinajstić information content (AvgIpc) is 3.15. The second kappa shape index (κ2) is 8.53. The van der Waals surface area contributed by atoms with Crippen molar-refractivity contribution < 1.29 is 13.2 Å². The lowest BCUT2D eigenvalue weighted by atomic mass is 10.2. The Labute approximate surface area is 155 Å². The molecule has 0 bridgehead atoms. The van der Waals surface area contributed by atoms with Crippen molar-refractivity contribution in [3.05, 3.63) is 54.1 Å². The molecule has 26 heavy (non-hydrogen) atoms. The molecule has 0 saturated carbocycles. The van der Waals surface area contributed by atoms with Crippen LogP contribution < -0.4 is 15.2 Å². The van der Waals surface area contributed by atoms with Crippen molar-refractivity contribution in [2.75, 3.05) is 32.0 Å². The number of anilines is 1. The molecule has 1 saturated heterocycles. The lowest BCUT2D eigenvalue weighted by Crippen LogP contribution is -2.25. The van der Waals surface area contributed by atoms with Crippen molar-refractivity contribution in [3.8, 4) is 5.75 Å². The van der Waals surface area contributed by atoms with Crippen LogP contribution >= 0.6 is 0 Å². The van der Waals surface area contributed by atoms with Crippen LogP contribution in [0, 0.1) is 0 Å². The fraction of sp³-hybridized carbons (Fsp3) is 0.368. The molecule has 1 heterocycles. The Morgan fingerprint density at radius 3 is 2.31 bits per heavy atom. The molecule has 3 rings (SSSR count). The molecule has 2 aromatic carbocycles. The number of ether oxygens (including phenoxy) is 1. The molecule has 0 spiro atoms. The largest absolute Gasteiger partial charge is 0.492 e. The van der Waals surface area contributed by atoms with Crippen molar-refractivity contribution >= 4 is 15.7 Å². The minimum atomic E-state index is -3.55. The monoisotopic (exact) mass is 375 g/mol. The van der Waals surface area contributed by atoms with E-state index in [1.807, 2.05) is 24.3 Å². The zero-order valence-electron chi connectivity index (χ0n) is 14.7. The first-order valence-electron chi connectivity index (χ1n) is 8.82. The number of likely N-dealkylation sites (tertiary alicyclic amines) is 1. The molecule has 3 N–H and O–H groups in total. The van der Waals surface area contributed by atoms with Gasteiger partial charge in [0.2, 0.25) is 10.0 Å². The van der Waals surface area contributed by atoms with Crippen molar-refractivity contribution in [1.29, 1.82) is 0 Å². The topological polar surface area (TPSA) is 84.7 Å². The van der Waals surface area contributed by atoms with Crippen LogP contribution in [0.3, 0.4) is 0 Å². The van der Waals surface area contributed by atoms with Crippen molar-refractivity contribution in [2.24, 2.45) is 0 Å². The van der Waals surface area contributed by atoms with E-state index in [1.165, 1.54) is 25.0 Å². The van der Waals surface area contributed by atoms with Gasteiger partial charge in [-0.25, -0.2) is 13.1 Å². The highest BCUT2D eigenvalue weighted by Crippen LogP contribution is 2.15. The number of nitrogen functional groups attached to an aromatic ring is 1. The predicted molar refractivity (Wildman–Crippen MR) is 102 cm³/mol. The lowest BCUT2D eigenvalue weighted by Gasteiger charge is -2.15. The van der Waals surface area contributed by atoms with E-state index in [0.29, 0.717) is 12.3 Å². The molecule has 0 atom stereocenters. The van der Waals surface area contributed by atoms with Crippen LogP contribution in [-0.2, 0) is 16.6 Å². The maximum atomic E-state index is 12.3. The maximum Gasteiger partial charge on any atom is 0.240 e. The van der Waals surface area contributed by atoms with Crippen LogP contribution in [0.1, 0.15) is 18.4 Å². The van der Waals surface area contributed by atoms with Gasteiger partial charge in [-0.15, -0.1) is 0 Å². The SMILES string of the molecule is Nc1ccc(S(=O)(=O)NCc2ccc(OCCN3CCCC3)cc2)cc1. The Bertz CT molecular complexity index is 799. The van der Waals surface area contributed by atoms with Crippen LogP contribution in [-0.4, -0.2) is 39.6 Å². The first-order valence-corrected chi connectivity index (χ1v) is 10.3. The van der Waals surface area contributed by atoms with Gasteiger partial charge in [0.1, 0.15) is 12.4 Å². The van der Waals surface area contributed by atoms with Gasteiger partial charge in [-0.1, -0.05) is 12.1 Å². The molecule has 140 valence electrons. The van der Waals surface area contributed by atoms with Gasteiger partial charge in [0.25, 0.3) is 0 Å². The Hall–Kier alpha value is -2.09. The Balaban J connectivity index is 1.48. The molecule has 0 aromatic heterocycles.